The normalized spacial score (nSPS) is 12.4. The summed E-state index contributed by atoms with van der Waals surface area (Å²) in [6.07, 6.45) is 1.64. The van der Waals surface area contributed by atoms with Crippen LogP contribution in [0, 0.1) is 6.92 Å². The third-order valence-corrected chi connectivity index (χ3v) is 3.50. The van der Waals surface area contributed by atoms with Crippen LogP contribution in [-0.2, 0) is 11.3 Å². The number of nitrogens with zero attached hydrogens (tertiary/aromatic N) is 1. The summed E-state index contributed by atoms with van der Waals surface area (Å²) < 4.78 is 5.28. The summed E-state index contributed by atoms with van der Waals surface area (Å²) in [5, 5.41) is 4.78. The zero-order valence-corrected chi connectivity index (χ0v) is 10.6. The topological polar surface area (TPSA) is 55.1 Å². The Bertz CT molecular complexity index is 490. The van der Waals surface area contributed by atoms with Crippen LogP contribution in [0.5, 0.6) is 0 Å². The number of aromatic nitrogens is 1. The van der Waals surface area contributed by atoms with Crippen LogP contribution in [-0.4, -0.2) is 10.9 Å². The standard InChI is InChI=1S/C12H14N2O2S/c1-8-6-13-11(16-8)7-14-12(15)9(2)10-4-3-5-17-10/h3-6,9H,7H2,1-2H3,(H,14,15). The van der Waals surface area contributed by atoms with E-state index in [1.54, 1.807) is 17.5 Å². The third kappa shape index (κ3) is 2.94. The van der Waals surface area contributed by atoms with E-state index in [9.17, 15) is 4.79 Å². The highest BCUT2D eigenvalue weighted by molar-refractivity contribution is 7.10. The van der Waals surface area contributed by atoms with Gasteiger partial charge in [0.25, 0.3) is 0 Å². The van der Waals surface area contributed by atoms with Crippen LogP contribution < -0.4 is 5.32 Å². The Morgan fingerprint density at radius 3 is 3.06 bits per heavy atom. The Morgan fingerprint density at radius 2 is 2.47 bits per heavy atom. The molecule has 0 bridgehead atoms. The number of amides is 1. The van der Waals surface area contributed by atoms with Crippen molar-refractivity contribution < 1.29 is 9.21 Å². The molecule has 0 aromatic carbocycles. The van der Waals surface area contributed by atoms with Crippen molar-refractivity contribution in [1.82, 2.24) is 10.3 Å². The van der Waals surface area contributed by atoms with Crippen molar-refractivity contribution in [2.75, 3.05) is 0 Å². The Kier molecular flexibility index (Phi) is 3.58. The van der Waals surface area contributed by atoms with Crippen molar-refractivity contribution in [1.29, 1.82) is 0 Å². The summed E-state index contributed by atoms with van der Waals surface area (Å²) in [5.41, 5.74) is 0. The molecule has 0 fully saturated rings. The molecule has 2 aromatic rings. The van der Waals surface area contributed by atoms with Crippen molar-refractivity contribution in [2.45, 2.75) is 26.3 Å². The third-order valence-electron chi connectivity index (χ3n) is 2.45. The minimum atomic E-state index is -0.133. The van der Waals surface area contributed by atoms with E-state index >= 15 is 0 Å². The average molecular weight is 250 g/mol. The van der Waals surface area contributed by atoms with Gasteiger partial charge in [0.15, 0.2) is 0 Å². The second-order valence-corrected chi connectivity index (χ2v) is 4.80. The van der Waals surface area contributed by atoms with Crippen LogP contribution in [0.15, 0.2) is 28.1 Å². The van der Waals surface area contributed by atoms with Crippen molar-refractivity contribution >= 4 is 17.2 Å². The van der Waals surface area contributed by atoms with E-state index in [4.69, 9.17) is 4.42 Å². The van der Waals surface area contributed by atoms with Crippen molar-refractivity contribution in [3.05, 3.63) is 40.2 Å². The highest BCUT2D eigenvalue weighted by atomic mass is 32.1. The van der Waals surface area contributed by atoms with Gasteiger partial charge in [0.2, 0.25) is 11.8 Å². The van der Waals surface area contributed by atoms with Gasteiger partial charge in [-0.3, -0.25) is 4.79 Å². The number of carbonyl (C=O) groups is 1. The van der Waals surface area contributed by atoms with Crippen LogP contribution in [0.2, 0.25) is 0 Å². The fraction of sp³-hybridized carbons (Fsp3) is 0.333. The van der Waals surface area contributed by atoms with Gasteiger partial charge in [-0.25, -0.2) is 4.98 Å². The monoisotopic (exact) mass is 250 g/mol. The van der Waals surface area contributed by atoms with Crippen molar-refractivity contribution in [3.63, 3.8) is 0 Å². The maximum atomic E-state index is 11.8. The van der Waals surface area contributed by atoms with Gasteiger partial charge in [-0.05, 0) is 25.3 Å². The average Bonchev–Trinajstić information content (AvgIpc) is 2.95. The second kappa shape index (κ2) is 5.14. The van der Waals surface area contributed by atoms with E-state index in [1.807, 2.05) is 31.4 Å². The first-order valence-electron chi connectivity index (χ1n) is 5.39. The molecule has 1 amide bonds. The smallest absolute Gasteiger partial charge is 0.228 e. The summed E-state index contributed by atoms with van der Waals surface area (Å²) in [6, 6.07) is 3.91. The molecule has 1 atom stereocenters. The lowest BCUT2D eigenvalue weighted by atomic mass is 10.1. The summed E-state index contributed by atoms with van der Waals surface area (Å²) in [5.74, 6) is 1.14. The van der Waals surface area contributed by atoms with E-state index in [2.05, 4.69) is 10.3 Å². The van der Waals surface area contributed by atoms with E-state index in [0.29, 0.717) is 12.4 Å². The SMILES string of the molecule is Cc1cnc(CNC(=O)C(C)c2cccs2)o1. The molecule has 5 heteroatoms. The molecule has 4 nitrogen and oxygen atoms in total. The molecule has 1 unspecified atom stereocenters. The Hall–Kier alpha value is -1.62. The Balaban J connectivity index is 1.89. The van der Waals surface area contributed by atoms with Crippen LogP contribution in [0.4, 0.5) is 0 Å². The highest BCUT2D eigenvalue weighted by Gasteiger charge is 2.16. The molecule has 1 N–H and O–H groups in total. The first kappa shape index (κ1) is 11.9. The summed E-state index contributed by atoms with van der Waals surface area (Å²) >= 11 is 1.59. The summed E-state index contributed by atoms with van der Waals surface area (Å²) in [6.45, 7) is 4.05. The molecule has 0 aliphatic carbocycles. The number of aryl methyl sites for hydroxylation is 1. The van der Waals surface area contributed by atoms with Gasteiger partial charge in [-0.1, -0.05) is 6.07 Å². The van der Waals surface area contributed by atoms with Gasteiger partial charge in [0.05, 0.1) is 18.7 Å². The van der Waals surface area contributed by atoms with E-state index in [-0.39, 0.29) is 11.8 Å². The molecular weight excluding hydrogens is 236 g/mol. The van der Waals surface area contributed by atoms with Gasteiger partial charge in [-0.15, -0.1) is 11.3 Å². The molecule has 0 saturated carbocycles. The minimum Gasteiger partial charge on any atom is -0.444 e. The molecule has 0 radical (unpaired) electrons. The fourth-order valence-electron chi connectivity index (χ4n) is 1.47. The van der Waals surface area contributed by atoms with E-state index in [1.165, 1.54) is 0 Å². The zero-order valence-electron chi connectivity index (χ0n) is 9.77. The van der Waals surface area contributed by atoms with Crippen molar-refractivity contribution in [3.8, 4) is 0 Å². The molecule has 2 aromatic heterocycles. The van der Waals surface area contributed by atoms with Gasteiger partial charge in [0, 0.05) is 4.88 Å². The van der Waals surface area contributed by atoms with Gasteiger partial charge < -0.3 is 9.73 Å². The van der Waals surface area contributed by atoms with Crippen LogP contribution >= 0.6 is 11.3 Å². The second-order valence-electron chi connectivity index (χ2n) is 3.82. The Labute approximate surface area is 104 Å². The number of thiophene rings is 1. The lowest BCUT2D eigenvalue weighted by molar-refractivity contribution is -0.122. The molecular formula is C12H14N2O2S. The van der Waals surface area contributed by atoms with Crippen LogP contribution in [0.25, 0.3) is 0 Å². The largest absolute Gasteiger partial charge is 0.444 e. The molecule has 2 heterocycles. The minimum absolute atomic E-state index is 0.0108. The van der Waals surface area contributed by atoms with Crippen LogP contribution in [0.3, 0.4) is 0 Å². The summed E-state index contributed by atoms with van der Waals surface area (Å²) in [4.78, 5) is 16.9. The lowest BCUT2D eigenvalue weighted by Crippen LogP contribution is -2.27. The highest BCUT2D eigenvalue weighted by Crippen LogP contribution is 2.20. The van der Waals surface area contributed by atoms with Gasteiger partial charge in [0.1, 0.15) is 5.76 Å². The lowest BCUT2D eigenvalue weighted by Gasteiger charge is -2.08. The predicted molar refractivity (Wildman–Crippen MR) is 65.8 cm³/mol. The molecule has 0 aliphatic heterocycles. The molecule has 2 rings (SSSR count). The number of nitrogens with one attached hydrogen (secondary N) is 1. The van der Waals surface area contributed by atoms with Crippen LogP contribution in [0.1, 0.15) is 29.4 Å². The maximum absolute atomic E-state index is 11.8. The first-order chi connectivity index (χ1) is 8.16. The molecule has 0 spiro atoms. The van der Waals surface area contributed by atoms with E-state index < -0.39 is 0 Å². The maximum Gasteiger partial charge on any atom is 0.228 e. The number of hydrogen-bond acceptors (Lipinski definition) is 4. The van der Waals surface area contributed by atoms with Crippen molar-refractivity contribution in [2.24, 2.45) is 0 Å². The number of hydrogen-bond donors (Lipinski definition) is 1. The summed E-state index contributed by atoms with van der Waals surface area (Å²) in [7, 11) is 0. The predicted octanol–water partition coefficient (Wildman–Crippen LogP) is 2.46. The fourth-order valence-corrected chi connectivity index (χ4v) is 2.25. The molecule has 0 saturated heterocycles. The van der Waals surface area contributed by atoms with Gasteiger partial charge >= 0.3 is 0 Å². The molecule has 17 heavy (non-hydrogen) atoms. The van der Waals surface area contributed by atoms with Gasteiger partial charge in [-0.2, -0.15) is 0 Å². The molecule has 90 valence electrons. The quantitative estimate of drug-likeness (QED) is 0.906. The zero-order chi connectivity index (χ0) is 12.3. The number of carbonyl (C=O) groups excluding carboxylic acids is 1. The number of oxazole rings is 1. The van der Waals surface area contributed by atoms with E-state index in [0.717, 1.165) is 10.6 Å². The Morgan fingerprint density at radius 1 is 1.65 bits per heavy atom. The number of rotatable bonds is 4. The molecule has 0 aliphatic rings. The first-order valence-corrected chi connectivity index (χ1v) is 6.27.